The molecular weight excluding hydrogens is 338 g/mol. The summed E-state index contributed by atoms with van der Waals surface area (Å²) in [6.45, 7) is 5.53. The Balaban J connectivity index is 1.90. The van der Waals surface area contributed by atoms with Gasteiger partial charge >= 0.3 is 0 Å². The molecule has 0 aliphatic carbocycles. The van der Waals surface area contributed by atoms with Gasteiger partial charge in [-0.25, -0.2) is 0 Å². The van der Waals surface area contributed by atoms with Crippen LogP contribution in [-0.4, -0.2) is 30.5 Å². The van der Waals surface area contributed by atoms with E-state index in [2.05, 4.69) is 48.4 Å². The summed E-state index contributed by atoms with van der Waals surface area (Å²) in [5.74, 6) is 0. The molecule has 0 bridgehead atoms. The van der Waals surface area contributed by atoms with Gasteiger partial charge in [0.2, 0.25) is 0 Å². The minimum Gasteiger partial charge on any atom is -0.379 e. The van der Waals surface area contributed by atoms with E-state index in [-0.39, 0.29) is 11.6 Å². The van der Waals surface area contributed by atoms with Crippen LogP contribution in [0.3, 0.4) is 0 Å². The van der Waals surface area contributed by atoms with E-state index in [1.165, 1.54) is 16.7 Å². The second kappa shape index (κ2) is 7.00. The molecule has 5 heteroatoms. The third kappa shape index (κ3) is 3.15. The summed E-state index contributed by atoms with van der Waals surface area (Å²) in [5, 5.41) is 12.0. The molecule has 27 heavy (non-hydrogen) atoms. The van der Waals surface area contributed by atoms with Crippen molar-refractivity contribution in [1.29, 1.82) is 5.41 Å². The topological polar surface area (TPSA) is 78.0 Å². The van der Waals surface area contributed by atoms with Gasteiger partial charge in [-0.1, -0.05) is 30.3 Å². The van der Waals surface area contributed by atoms with E-state index in [0.29, 0.717) is 17.9 Å². The highest BCUT2D eigenvalue weighted by atomic mass is 16.5. The number of benzene rings is 2. The molecule has 1 atom stereocenters. The average molecular weight is 361 g/mol. The summed E-state index contributed by atoms with van der Waals surface area (Å²) in [5.41, 5.74) is 6.26. The largest absolute Gasteiger partial charge is 0.379 e. The standard InChI is InChI=1S/C22H23N3O2/c1-13-4-3-5-14(2)20(13)15-6-7-17-19(10-15)25-22(26)18(11-23)21(17)24-16-8-9-27-12-16/h3-7,10-11,16,23H,8-9,12H2,1-2H3,(H2,24,25,26)/t16-/m0/s1. The van der Waals surface area contributed by atoms with Crippen molar-refractivity contribution in [3.05, 3.63) is 63.4 Å². The number of aryl methyl sites for hydroxylation is 2. The van der Waals surface area contributed by atoms with Gasteiger partial charge in [0.05, 0.1) is 29.4 Å². The first-order chi connectivity index (χ1) is 13.1. The van der Waals surface area contributed by atoms with Crippen molar-refractivity contribution in [3.63, 3.8) is 0 Å². The van der Waals surface area contributed by atoms with Crippen LogP contribution in [0.5, 0.6) is 0 Å². The van der Waals surface area contributed by atoms with E-state index in [1.54, 1.807) is 0 Å². The van der Waals surface area contributed by atoms with E-state index in [4.69, 9.17) is 10.1 Å². The van der Waals surface area contributed by atoms with E-state index < -0.39 is 0 Å². The Labute approximate surface area is 157 Å². The van der Waals surface area contributed by atoms with Crippen LogP contribution < -0.4 is 10.9 Å². The van der Waals surface area contributed by atoms with Gasteiger partial charge in [0, 0.05) is 18.2 Å². The molecule has 1 aliphatic rings. The van der Waals surface area contributed by atoms with Crippen LogP contribution in [0.25, 0.3) is 22.0 Å². The van der Waals surface area contributed by atoms with Gasteiger partial charge in [-0.3, -0.25) is 4.79 Å². The van der Waals surface area contributed by atoms with Crippen LogP contribution in [-0.2, 0) is 4.74 Å². The van der Waals surface area contributed by atoms with Gasteiger partial charge in [-0.15, -0.1) is 0 Å². The Morgan fingerprint density at radius 2 is 2.00 bits per heavy atom. The van der Waals surface area contributed by atoms with E-state index in [1.807, 2.05) is 12.1 Å². The molecule has 1 aliphatic heterocycles. The molecule has 0 amide bonds. The molecule has 1 fully saturated rings. The number of hydrogen-bond acceptors (Lipinski definition) is 4. The number of anilines is 1. The minimum absolute atomic E-state index is 0.159. The highest BCUT2D eigenvalue weighted by molar-refractivity contribution is 6.02. The van der Waals surface area contributed by atoms with Crippen LogP contribution in [0.15, 0.2) is 41.2 Å². The summed E-state index contributed by atoms with van der Waals surface area (Å²) in [4.78, 5) is 15.5. The van der Waals surface area contributed by atoms with Crippen LogP contribution in [0.4, 0.5) is 5.69 Å². The number of aromatic nitrogens is 1. The maximum atomic E-state index is 12.6. The number of ether oxygens (including phenoxy) is 1. The van der Waals surface area contributed by atoms with Gasteiger partial charge in [-0.05, 0) is 48.6 Å². The molecule has 0 radical (unpaired) electrons. The van der Waals surface area contributed by atoms with E-state index in [0.717, 1.165) is 35.7 Å². The molecule has 3 N–H and O–H groups in total. The van der Waals surface area contributed by atoms with E-state index in [9.17, 15) is 4.79 Å². The Kier molecular flexibility index (Phi) is 4.54. The molecule has 2 aromatic carbocycles. The lowest BCUT2D eigenvalue weighted by Crippen LogP contribution is -2.23. The highest BCUT2D eigenvalue weighted by Crippen LogP contribution is 2.32. The number of rotatable bonds is 4. The van der Waals surface area contributed by atoms with Gasteiger partial charge in [0.1, 0.15) is 0 Å². The highest BCUT2D eigenvalue weighted by Gasteiger charge is 2.19. The summed E-state index contributed by atoms with van der Waals surface area (Å²) in [6, 6.07) is 12.5. The predicted octanol–water partition coefficient (Wildman–Crippen LogP) is 4.01. The predicted molar refractivity (Wildman–Crippen MR) is 110 cm³/mol. The first-order valence-electron chi connectivity index (χ1n) is 9.20. The fraction of sp³-hybridized carbons (Fsp3) is 0.273. The number of aromatic amines is 1. The Hall–Kier alpha value is -2.92. The molecule has 1 saturated heterocycles. The fourth-order valence-electron chi connectivity index (χ4n) is 3.88. The third-order valence-electron chi connectivity index (χ3n) is 5.24. The zero-order valence-electron chi connectivity index (χ0n) is 15.6. The van der Waals surface area contributed by atoms with Crippen molar-refractivity contribution in [2.75, 3.05) is 18.5 Å². The molecule has 5 nitrogen and oxygen atoms in total. The lowest BCUT2D eigenvalue weighted by molar-refractivity contribution is 0.195. The number of hydrogen-bond donors (Lipinski definition) is 3. The molecule has 0 saturated carbocycles. The first-order valence-corrected chi connectivity index (χ1v) is 9.20. The Bertz CT molecular complexity index is 1060. The van der Waals surface area contributed by atoms with Crippen LogP contribution in [0, 0.1) is 19.3 Å². The molecule has 2 heterocycles. The summed E-state index contributed by atoms with van der Waals surface area (Å²) >= 11 is 0. The number of pyridine rings is 1. The van der Waals surface area contributed by atoms with Crippen LogP contribution in [0.1, 0.15) is 23.1 Å². The summed E-state index contributed by atoms with van der Waals surface area (Å²) < 4.78 is 5.44. The van der Waals surface area contributed by atoms with Crippen molar-refractivity contribution in [3.8, 4) is 11.1 Å². The molecule has 1 aromatic heterocycles. The molecule has 3 aromatic rings. The van der Waals surface area contributed by atoms with Gasteiger partial charge in [0.15, 0.2) is 0 Å². The van der Waals surface area contributed by atoms with Crippen LogP contribution in [0.2, 0.25) is 0 Å². The monoisotopic (exact) mass is 361 g/mol. The Morgan fingerprint density at radius 1 is 1.22 bits per heavy atom. The van der Waals surface area contributed by atoms with Gasteiger partial charge in [0.25, 0.3) is 5.56 Å². The molecule has 138 valence electrons. The van der Waals surface area contributed by atoms with Gasteiger partial charge < -0.3 is 20.4 Å². The maximum absolute atomic E-state index is 12.6. The first kappa shape index (κ1) is 17.5. The lowest BCUT2D eigenvalue weighted by atomic mass is 9.94. The minimum atomic E-state index is -0.252. The zero-order chi connectivity index (χ0) is 19.0. The number of nitrogens with one attached hydrogen (secondary N) is 3. The van der Waals surface area contributed by atoms with Crippen LogP contribution >= 0.6 is 0 Å². The zero-order valence-corrected chi connectivity index (χ0v) is 15.6. The quantitative estimate of drug-likeness (QED) is 0.615. The molecule has 0 spiro atoms. The van der Waals surface area contributed by atoms with E-state index >= 15 is 0 Å². The van der Waals surface area contributed by atoms with Crippen molar-refractivity contribution in [2.24, 2.45) is 0 Å². The molecule has 4 rings (SSSR count). The average Bonchev–Trinajstić information content (AvgIpc) is 3.14. The SMILES string of the molecule is Cc1cccc(C)c1-c1ccc2c(N[C@H]3CCOC3)c(C=N)c(=O)[nH]c2c1. The molecule has 0 unspecified atom stereocenters. The number of H-pyrrole nitrogens is 1. The van der Waals surface area contributed by atoms with Crippen molar-refractivity contribution >= 4 is 22.8 Å². The molecular formula is C22H23N3O2. The van der Waals surface area contributed by atoms with Crippen molar-refractivity contribution in [1.82, 2.24) is 4.98 Å². The maximum Gasteiger partial charge on any atom is 0.259 e. The third-order valence-corrected chi connectivity index (χ3v) is 5.24. The fourth-order valence-corrected chi connectivity index (χ4v) is 3.88. The number of fused-ring (bicyclic) bond motifs is 1. The Morgan fingerprint density at radius 3 is 2.67 bits per heavy atom. The second-order valence-electron chi connectivity index (χ2n) is 7.12. The lowest BCUT2D eigenvalue weighted by Gasteiger charge is -2.17. The normalized spacial score (nSPS) is 16.6. The summed E-state index contributed by atoms with van der Waals surface area (Å²) in [7, 11) is 0. The second-order valence-corrected chi connectivity index (χ2v) is 7.12. The van der Waals surface area contributed by atoms with Gasteiger partial charge in [-0.2, -0.15) is 0 Å². The smallest absolute Gasteiger partial charge is 0.259 e. The summed E-state index contributed by atoms with van der Waals surface area (Å²) in [6.07, 6.45) is 2.02. The van der Waals surface area contributed by atoms with Crippen molar-refractivity contribution < 1.29 is 4.74 Å². The van der Waals surface area contributed by atoms with Crippen molar-refractivity contribution in [2.45, 2.75) is 26.3 Å².